The number of nitrogens with one attached hydrogen (secondary N) is 2. The summed E-state index contributed by atoms with van der Waals surface area (Å²) in [6.07, 6.45) is 1.01. The van der Waals surface area contributed by atoms with Crippen molar-refractivity contribution in [2.45, 2.75) is 12.5 Å². The third-order valence-corrected chi connectivity index (χ3v) is 2.96. The van der Waals surface area contributed by atoms with Crippen LogP contribution in [0.5, 0.6) is 0 Å². The average Bonchev–Trinajstić information content (AvgIpc) is 2.49. The Bertz CT molecular complexity index is 600. The first-order valence-corrected chi connectivity index (χ1v) is 6.42. The van der Waals surface area contributed by atoms with Crippen molar-refractivity contribution in [3.63, 3.8) is 0 Å². The molecule has 0 bridgehead atoms. The van der Waals surface area contributed by atoms with Crippen LogP contribution < -0.4 is 10.6 Å². The zero-order valence-electron chi connectivity index (χ0n) is 11.5. The van der Waals surface area contributed by atoms with Crippen molar-refractivity contribution >= 4 is 11.8 Å². The number of hydrogen-bond donors (Lipinski definition) is 3. The fraction of sp³-hybridized carbons (Fsp3) is 0.200. The molecule has 0 aliphatic rings. The van der Waals surface area contributed by atoms with Gasteiger partial charge in [-0.05, 0) is 24.6 Å². The summed E-state index contributed by atoms with van der Waals surface area (Å²) < 4.78 is 12.7. The van der Waals surface area contributed by atoms with Crippen molar-refractivity contribution in [2.24, 2.45) is 0 Å². The predicted molar refractivity (Wildman–Crippen MR) is 77.2 cm³/mol. The number of nitrogens with zero attached hydrogens (tertiary/aromatic N) is 1. The van der Waals surface area contributed by atoms with Crippen molar-refractivity contribution in [2.75, 3.05) is 11.9 Å². The van der Waals surface area contributed by atoms with Crippen LogP contribution in [-0.4, -0.2) is 22.7 Å². The third kappa shape index (κ3) is 4.25. The molecular weight excluding hydrogens is 273 g/mol. The quantitative estimate of drug-likeness (QED) is 0.808. The summed E-state index contributed by atoms with van der Waals surface area (Å²) in [6, 6.07) is 11.1. The first-order chi connectivity index (χ1) is 9.97. The van der Waals surface area contributed by atoms with Gasteiger partial charge in [0, 0.05) is 0 Å². The molecule has 110 valence electrons. The number of benzene rings is 1. The van der Waals surface area contributed by atoms with E-state index in [1.807, 2.05) is 18.2 Å². The van der Waals surface area contributed by atoms with Crippen LogP contribution in [0.15, 0.2) is 48.7 Å². The molecule has 2 amide bonds. The van der Waals surface area contributed by atoms with Crippen molar-refractivity contribution in [1.29, 1.82) is 0 Å². The molecular formula is C15H16FN3O2. The molecule has 1 atom stereocenters. The van der Waals surface area contributed by atoms with Gasteiger partial charge >= 0.3 is 6.03 Å². The number of rotatable bonds is 4. The van der Waals surface area contributed by atoms with E-state index < -0.39 is 17.4 Å². The van der Waals surface area contributed by atoms with Crippen LogP contribution in [0, 0.1) is 5.82 Å². The lowest BCUT2D eigenvalue weighted by atomic mass is 9.96. The summed E-state index contributed by atoms with van der Waals surface area (Å²) in [7, 11) is 0. The van der Waals surface area contributed by atoms with Crippen LogP contribution in [0.2, 0.25) is 0 Å². The standard InChI is InChI=1S/C15H16FN3O2/c1-15(21,11-5-3-2-4-6-11)10-18-14(20)19-13-8-7-12(16)9-17-13/h2-9,21H,10H2,1H3,(H2,17,18,19,20)/t15-/m0/s1. The van der Waals surface area contributed by atoms with Crippen molar-refractivity contribution < 1.29 is 14.3 Å². The predicted octanol–water partition coefficient (Wildman–Crippen LogP) is 2.25. The highest BCUT2D eigenvalue weighted by Gasteiger charge is 2.23. The normalized spacial score (nSPS) is 13.3. The van der Waals surface area contributed by atoms with E-state index in [-0.39, 0.29) is 12.4 Å². The number of amides is 2. The maximum Gasteiger partial charge on any atom is 0.320 e. The number of aromatic nitrogens is 1. The van der Waals surface area contributed by atoms with Gasteiger partial charge in [0.05, 0.1) is 12.7 Å². The fourth-order valence-corrected chi connectivity index (χ4v) is 1.76. The number of aliphatic hydroxyl groups is 1. The maximum atomic E-state index is 12.7. The van der Waals surface area contributed by atoms with Gasteiger partial charge in [-0.25, -0.2) is 14.2 Å². The Labute approximate surface area is 121 Å². The molecule has 0 saturated carbocycles. The van der Waals surface area contributed by atoms with E-state index in [9.17, 15) is 14.3 Å². The molecule has 0 aliphatic carbocycles. The Morgan fingerprint density at radius 2 is 2.00 bits per heavy atom. The van der Waals surface area contributed by atoms with Crippen molar-refractivity contribution in [1.82, 2.24) is 10.3 Å². The van der Waals surface area contributed by atoms with Gasteiger partial charge in [-0.15, -0.1) is 0 Å². The summed E-state index contributed by atoms with van der Waals surface area (Å²) in [5.41, 5.74) is -0.486. The minimum absolute atomic E-state index is 0.0318. The SMILES string of the molecule is C[C@](O)(CNC(=O)Nc1ccc(F)cn1)c1ccccc1. The van der Waals surface area contributed by atoms with Crippen molar-refractivity contribution in [3.05, 3.63) is 60.0 Å². The van der Waals surface area contributed by atoms with E-state index in [4.69, 9.17) is 0 Å². The summed E-state index contributed by atoms with van der Waals surface area (Å²) in [5, 5.41) is 15.3. The molecule has 6 heteroatoms. The van der Waals surface area contributed by atoms with E-state index in [1.54, 1.807) is 19.1 Å². The summed E-state index contributed by atoms with van der Waals surface area (Å²) >= 11 is 0. The van der Waals surface area contributed by atoms with Crippen LogP contribution in [0.25, 0.3) is 0 Å². The van der Waals surface area contributed by atoms with Crippen LogP contribution in [-0.2, 0) is 5.60 Å². The molecule has 1 aromatic heterocycles. The smallest absolute Gasteiger partial charge is 0.320 e. The lowest BCUT2D eigenvalue weighted by molar-refractivity contribution is 0.0599. The first kappa shape index (κ1) is 14.9. The van der Waals surface area contributed by atoms with Crippen molar-refractivity contribution in [3.8, 4) is 0 Å². The lowest BCUT2D eigenvalue weighted by Crippen LogP contribution is -2.40. The second-order valence-corrected chi connectivity index (χ2v) is 4.81. The molecule has 0 radical (unpaired) electrons. The van der Waals surface area contributed by atoms with Gasteiger partial charge in [0.25, 0.3) is 0 Å². The van der Waals surface area contributed by atoms with E-state index in [0.29, 0.717) is 5.56 Å². The van der Waals surface area contributed by atoms with E-state index >= 15 is 0 Å². The summed E-state index contributed by atoms with van der Waals surface area (Å²) in [5.74, 6) is -0.249. The first-order valence-electron chi connectivity index (χ1n) is 6.42. The van der Waals surface area contributed by atoms with Gasteiger partial charge in [-0.1, -0.05) is 30.3 Å². The minimum atomic E-state index is -1.19. The third-order valence-electron chi connectivity index (χ3n) is 2.96. The molecule has 1 aromatic carbocycles. The molecule has 0 fully saturated rings. The van der Waals surface area contributed by atoms with Crippen LogP contribution in [0.3, 0.4) is 0 Å². The van der Waals surface area contributed by atoms with Crippen LogP contribution in [0.4, 0.5) is 15.0 Å². The average molecular weight is 289 g/mol. The van der Waals surface area contributed by atoms with Gasteiger partial charge < -0.3 is 10.4 Å². The summed E-state index contributed by atoms with van der Waals surface area (Å²) in [4.78, 5) is 15.4. The lowest BCUT2D eigenvalue weighted by Gasteiger charge is -2.24. The molecule has 0 spiro atoms. The number of hydrogen-bond acceptors (Lipinski definition) is 3. The fourth-order valence-electron chi connectivity index (χ4n) is 1.76. The van der Waals surface area contributed by atoms with E-state index in [2.05, 4.69) is 15.6 Å². The van der Waals surface area contributed by atoms with E-state index in [0.717, 1.165) is 6.20 Å². The number of anilines is 1. The molecule has 2 aromatic rings. The number of pyridine rings is 1. The second kappa shape index (κ2) is 6.32. The number of halogens is 1. The largest absolute Gasteiger partial charge is 0.384 e. The molecule has 2 rings (SSSR count). The maximum absolute atomic E-state index is 12.7. The Balaban J connectivity index is 1.90. The number of carbonyl (C=O) groups excluding carboxylic acids is 1. The second-order valence-electron chi connectivity index (χ2n) is 4.81. The van der Waals surface area contributed by atoms with Crippen LogP contribution in [0.1, 0.15) is 12.5 Å². The minimum Gasteiger partial charge on any atom is -0.384 e. The molecule has 0 saturated heterocycles. The zero-order chi connectivity index (χ0) is 15.3. The monoisotopic (exact) mass is 289 g/mol. The highest BCUT2D eigenvalue weighted by atomic mass is 19.1. The Hall–Kier alpha value is -2.47. The zero-order valence-corrected chi connectivity index (χ0v) is 11.5. The number of urea groups is 1. The molecule has 0 aliphatic heterocycles. The van der Waals surface area contributed by atoms with Gasteiger partial charge in [0.1, 0.15) is 17.2 Å². The molecule has 21 heavy (non-hydrogen) atoms. The Morgan fingerprint density at radius 1 is 1.29 bits per heavy atom. The topological polar surface area (TPSA) is 74.2 Å². The molecule has 0 unspecified atom stereocenters. The Morgan fingerprint density at radius 3 is 2.62 bits per heavy atom. The Kier molecular flexibility index (Phi) is 4.49. The molecule has 3 N–H and O–H groups in total. The highest BCUT2D eigenvalue weighted by molar-refractivity contribution is 5.88. The molecule has 1 heterocycles. The van der Waals surface area contributed by atoms with Gasteiger partial charge in [0.15, 0.2) is 0 Å². The van der Waals surface area contributed by atoms with E-state index in [1.165, 1.54) is 12.1 Å². The highest BCUT2D eigenvalue weighted by Crippen LogP contribution is 2.18. The molecule has 5 nitrogen and oxygen atoms in total. The van der Waals surface area contributed by atoms with Gasteiger partial charge in [-0.2, -0.15) is 0 Å². The van der Waals surface area contributed by atoms with Crippen LogP contribution >= 0.6 is 0 Å². The van der Waals surface area contributed by atoms with Gasteiger partial charge in [0.2, 0.25) is 0 Å². The summed E-state index contributed by atoms with van der Waals surface area (Å²) in [6.45, 7) is 1.64. The van der Waals surface area contributed by atoms with Gasteiger partial charge in [-0.3, -0.25) is 5.32 Å². The number of carbonyl (C=O) groups is 1.